The molecule has 25 heavy (non-hydrogen) atoms. The summed E-state index contributed by atoms with van der Waals surface area (Å²) in [5.41, 5.74) is 4.49. The zero-order valence-electron chi connectivity index (χ0n) is 15.0. The molecule has 0 spiro atoms. The highest BCUT2D eigenvalue weighted by atomic mass is 32.2. The number of rotatable bonds is 6. The fourth-order valence-corrected chi connectivity index (χ4v) is 4.26. The van der Waals surface area contributed by atoms with Crippen LogP contribution >= 0.6 is 0 Å². The molecule has 5 heteroatoms. The minimum Gasteiger partial charge on any atom is -0.372 e. The lowest BCUT2D eigenvalue weighted by molar-refractivity contribution is 0.581. The Balaban J connectivity index is 1.57. The van der Waals surface area contributed by atoms with Crippen molar-refractivity contribution in [1.29, 1.82) is 0 Å². The number of nitrogens with zero attached hydrogens (tertiary/aromatic N) is 1. The molecule has 0 aliphatic carbocycles. The van der Waals surface area contributed by atoms with Crippen LogP contribution in [0.3, 0.4) is 0 Å². The van der Waals surface area contributed by atoms with Crippen LogP contribution < -0.4 is 9.62 Å². The Morgan fingerprint density at radius 2 is 1.64 bits per heavy atom. The van der Waals surface area contributed by atoms with Crippen molar-refractivity contribution in [3.05, 3.63) is 59.2 Å². The van der Waals surface area contributed by atoms with Gasteiger partial charge in [-0.1, -0.05) is 18.2 Å². The summed E-state index contributed by atoms with van der Waals surface area (Å²) in [4.78, 5) is 2.73. The van der Waals surface area contributed by atoms with E-state index >= 15 is 0 Å². The molecular formula is C20H26N2O2S. The second-order valence-corrected chi connectivity index (χ2v) is 8.52. The SMILES string of the molecule is Cc1ccc(S(=O)(=O)NCCc2ccc(N3CCCC3)cc2)cc1C. The molecule has 4 nitrogen and oxygen atoms in total. The standard InChI is InChI=1S/C20H26N2O2S/c1-16-5-10-20(15-17(16)2)25(23,24)21-12-11-18-6-8-19(9-7-18)22-13-3-4-14-22/h5-10,15,21H,3-4,11-14H2,1-2H3. The van der Waals surface area contributed by atoms with Gasteiger partial charge in [0.2, 0.25) is 10.0 Å². The fourth-order valence-electron chi connectivity index (χ4n) is 3.14. The predicted molar refractivity (Wildman–Crippen MR) is 103 cm³/mol. The highest BCUT2D eigenvalue weighted by Gasteiger charge is 2.14. The molecule has 1 aliphatic rings. The second-order valence-electron chi connectivity index (χ2n) is 6.75. The number of anilines is 1. The molecule has 0 unspecified atom stereocenters. The van der Waals surface area contributed by atoms with Gasteiger partial charge in [-0.3, -0.25) is 0 Å². The number of nitrogens with one attached hydrogen (secondary N) is 1. The van der Waals surface area contributed by atoms with E-state index in [-0.39, 0.29) is 0 Å². The summed E-state index contributed by atoms with van der Waals surface area (Å²) < 4.78 is 27.5. The Morgan fingerprint density at radius 3 is 2.28 bits per heavy atom. The quantitative estimate of drug-likeness (QED) is 0.861. The monoisotopic (exact) mass is 358 g/mol. The fraction of sp³-hybridized carbons (Fsp3) is 0.400. The molecule has 1 saturated heterocycles. The molecule has 1 fully saturated rings. The van der Waals surface area contributed by atoms with Crippen LogP contribution in [0.25, 0.3) is 0 Å². The topological polar surface area (TPSA) is 49.4 Å². The first kappa shape index (κ1) is 18.0. The molecule has 2 aromatic carbocycles. The van der Waals surface area contributed by atoms with Crippen molar-refractivity contribution in [2.24, 2.45) is 0 Å². The highest BCUT2D eigenvalue weighted by molar-refractivity contribution is 7.89. The van der Waals surface area contributed by atoms with Crippen LogP contribution in [0.15, 0.2) is 47.4 Å². The number of benzene rings is 2. The lowest BCUT2D eigenvalue weighted by Gasteiger charge is -2.17. The first-order valence-electron chi connectivity index (χ1n) is 8.86. The van der Waals surface area contributed by atoms with Gasteiger partial charge in [0, 0.05) is 25.3 Å². The maximum absolute atomic E-state index is 12.4. The Bertz CT molecular complexity index is 823. The van der Waals surface area contributed by atoms with E-state index in [0.29, 0.717) is 17.9 Å². The molecular weight excluding hydrogens is 332 g/mol. The van der Waals surface area contributed by atoms with Gasteiger partial charge in [-0.2, -0.15) is 0 Å². The summed E-state index contributed by atoms with van der Waals surface area (Å²) in [5, 5.41) is 0. The molecule has 0 amide bonds. The molecule has 1 N–H and O–H groups in total. The van der Waals surface area contributed by atoms with Gasteiger partial charge < -0.3 is 4.90 Å². The Morgan fingerprint density at radius 1 is 0.960 bits per heavy atom. The average Bonchev–Trinajstić information content (AvgIpc) is 3.12. The maximum Gasteiger partial charge on any atom is 0.240 e. The molecule has 0 bridgehead atoms. The molecule has 0 aromatic heterocycles. The van der Waals surface area contributed by atoms with E-state index in [1.54, 1.807) is 12.1 Å². The molecule has 0 radical (unpaired) electrons. The molecule has 3 rings (SSSR count). The summed E-state index contributed by atoms with van der Waals surface area (Å²) in [6.07, 6.45) is 3.22. The number of hydrogen-bond acceptors (Lipinski definition) is 3. The van der Waals surface area contributed by atoms with E-state index in [0.717, 1.165) is 29.8 Å². The average molecular weight is 359 g/mol. The summed E-state index contributed by atoms with van der Waals surface area (Å²) in [6, 6.07) is 13.7. The zero-order chi connectivity index (χ0) is 17.9. The number of sulfonamides is 1. The lowest BCUT2D eigenvalue weighted by atomic mass is 10.1. The molecule has 134 valence electrons. The van der Waals surface area contributed by atoms with Gasteiger partial charge in [-0.25, -0.2) is 13.1 Å². The third kappa shape index (κ3) is 4.41. The molecule has 1 aliphatic heterocycles. The second kappa shape index (κ2) is 7.58. The van der Waals surface area contributed by atoms with E-state index in [9.17, 15) is 8.42 Å². The Kier molecular flexibility index (Phi) is 5.45. The zero-order valence-corrected chi connectivity index (χ0v) is 15.8. The first-order valence-corrected chi connectivity index (χ1v) is 10.3. The van der Waals surface area contributed by atoms with Gasteiger partial charge in [-0.15, -0.1) is 0 Å². The van der Waals surface area contributed by atoms with Crippen LogP contribution in [0.1, 0.15) is 29.5 Å². The van der Waals surface area contributed by atoms with Crippen LogP contribution in [0, 0.1) is 13.8 Å². The maximum atomic E-state index is 12.4. The minimum absolute atomic E-state index is 0.333. The smallest absolute Gasteiger partial charge is 0.240 e. The highest BCUT2D eigenvalue weighted by Crippen LogP contribution is 2.20. The molecule has 2 aromatic rings. The van der Waals surface area contributed by atoms with Crippen LogP contribution in [-0.4, -0.2) is 28.1 Å². The van der Waals surface area contributed by atoms with Gasteiger partial charge in [0.05, 0.1) is 4.90 Å². The van der Waals surface area contributed by atoms with Crippen molar-refractivity contribution in [3.8, 4) is 0 Å². The van der Waals surface area contributed by atoms with Gasteiger partial charge in [0.1, 0.15) is 0 Å². The van der Waals surface area contributed by atoms with Crippen molar-refractivity contribution in [2.75, 3.05) is 24.5 Å². The van der Waals surface area contributed by atoms with Crippen LogP contribution in [0.2, 0.25) is 0 Å². The summed E-state index contributed by atoms with van der Waals surface area (Å²) >= 11 is 0. The van der Waals surface area contributed by atoms with Crippen LogP contribution in [-0.2, 0) is 16.4 Å². The van der Waals surface area contributed by atoms with E-state index < -0.39 is 10.0 Å². The molecule has 0 saturated carbocycles. The summed E-state index contributed by atoms with van der Waals surface area (Å²) in [5.74, 6) is 0. The van der Waals surface area contributed by atoms with Crippen molar-refractivity contribution in [2.45, 2.75) is 38.0 Å². The van der Waals surface area contributed by atoms with Gasteiger partial charge in [0.15, 0.2) is 0 Å². The summed E-state index contributed by atoms with van der Waals surface area (Å²) in [7, 11) is -3.45. The number of aryl methyl sites for hydroxylation is 2. The van der Waals surface area contributed by atoms with E-state index in [2.05, 4.69) is 33.9 Å². The van der Waals surface area contributed by atoms with Gasteiger partial charge in [0.25, 0.3) is 0 Å². The third-order valence-electron chi connectivity index (χ3n) is 4.90. The molecule has 1 heterocycles. The normalized spacial score (nSPS) is 14.9. The van der Waals surface area contributed by atoms with E-state index in [1.807, 2.05) is 19.9 Å². The van der Waals surface area contributed by atoms with Crippen molar-refractivity contribution < 1.29 is 8.42 Å². The largest absolute Gasteiger partial charge is 0.372 e. The minimum atomic E-state index is -3.45. The Hall–Kier alpha value is -1.85. The van der Waals surface area contributed by atoms with Crippen molar-refractivity contribution in [3.63, 3.8) is 0 Å². The Labute approximate surface area is 150 Å². The van der Waals surface area contributed by atoms with Crippen LogP contribution in [0.5, 0.6) is 0 Å². The van der Waals surface area contributed by atoms with Gasteiger partial charge >= 0.3 is 0 Å². The number of hydrogen-bond donors (Lipinski definition) is 1. The molecule has 0 atom stereocenters. The third-order valence-corrected chi connectivity index (χ3v) is 6.36. The predicted octanol–water partition coefficient (Wildman–Crippen LogP) is 3.42. The first-order chi connectivity index (χ1) is 12.0. The van der Waals surface area contributed by atoms with Gasteiger partial charge in [-0.05, 0) is 74.1 Å². The summed E-state index contributed by atoms with van der Waals surface area (Å²) in [6.45, 7) is 6.57. The van der Waals surface area contributed by atoms with Crippen molar-refractivity contribution in [1.82, 2.24) is 4.72 Å². The van der Waals surface area contributed by atoms with E-state index in [4.69, 9.17) is 0 Å². The van der Waals surface area contributed by atoms with E-state index in [1.165, 1.54) is 18.5 Å². The van der Waals surface area contributed by atoms with Crippen molar-refractivity contribution >= 4 is 15.7 Å². The van der Waals surface area contributed by atoms with Crippen LogP contribution in [0.4, 0.5) is 5.69 Å². The lowest BCUT2D eigenvalue weighted by Crippen LogP contribution is -2.26.